The van der Waals surface area contributed by atoms with Crippen LogP contribution in [0.25, 0.3) is 11.2 Å². The number of nitrogens with two attached hydrogens (primary N) is 1. The lowest BCUT2D eigenvalue weighted by molar-refractivity contribution is -0.197. The largest absolute Gasteiger partial charge is 0.739 e. The van der Waals surface area contributed by atoms with E-state index < -0.39 is 37.0 Å². The molecule has 0 spiro atoms. The minimum Gasteiger partial charge on any atom is -0.739 e. The number of imidazole rings is 1. The number of fused-ring (bicyclic) bond motifs is 1. The molecule has 7 N–H and O–H groups in total. The van der Waals surface area contributed by atoms with Crippen molar-refractivity contribution in [2.75, 3.05) is 5.73 Å². The van der Waals surface area contributed by atoms with Gasteiger partial charge in [0.15, 0.2) is 11.2 Å². The predicted molar refractivity (Wildman–Crippen MR) is 82.9 cm³/mol. The summed E-state index contributed by atoms with van der Waals surface area (Å²) < 4.78 is 11.4. The van der Waals surface area contributed by atoms with Crippen molar-refractivity contribution >= 4 is 35.1 Å². The van der Waals surface area contributed by atoms with Crippen molar-refractivity contribution in [1.82, 2.24) is 19.5 Å². The highest BCUT2D eigenvalue weighted by Gasteiger charge is 2.43. The number of aromatic amines is 1. The van der Waals surface area contributed by atoms with Crippen molar-refractivity contribution in [3.63, 3.8) is 0 Å². The normalized spacial score (nSPS) is 25.4. The van der Waals surface area contributed by atoms with E-state index in [2.05, 4.69) is 19.1 Å². The van der Waals surface area contributed by atoms with Gasteiger partial charge in [0.1, 0.15) is 12.3 Å². The zero-order valence-electron chi connectivity index (χ0n) is 12.3. The number of aromatic nitrogens is 4. The Morgan fingerprint density at radius 2 is 2.32 bits per heavy atom. The minimum atomic E-state index is -4.57. The Bertz CT molecular complexity index is 887. The van der Waals surface area contributed by atoms with E-state index in [0.29, 0.717) is 0 Å². The molecule has 15 heteroatoms. The van der Waals surface area contributed by atoms with Gasteiger partial charge < -0.3 is 35.4 Å². The molecule has 0 bridgehead atoms. The average molecular weight is 395 g/mol. The number of nitrogen functional groups attached to an aromatic ring is 1. The van der Waals surface area contributed by atoms with Crippen LogP contribution in [0.2, 0.25) is 0 Å². The van der Waals surface area contributed by atoms with Crippen molar-refractivity contribution in [1.29, 1.82) is 0 Å². The van der Waals surface area contributed by atoms with Crippen LogP contribution < -0.4 is 16.2 Å². The summed E-state index contributed by atoms with van der Waals surface area (Å²) in [6.45, 7) is -4.57. The Kier molecular flexibility index (Phi) is 4.89. The van der Waals surface area contributed by atoms with E-state index in [-0.39, 0.29) is 34.8 Å². The third-order valence-corrected chi connectivity index (χ3v) is 4.74. The number of nitrogens with one attached hydrogen (secondary N) is 1. The van der Waals surface area contributed by atoms with Crippen molar-refractivity contribution in [2.24, 2.45) is 0 Å². The summed E-state index contributed by atoms with van der Waals surface area (Å²) >= 11 is -0.232. The van der Waals surface area contributed by atoms with E-state index in [1.807, 2.05) is 0 Å². The first-order valence-electron chi connectivity index (χ1n) is 6.80. The fourth-order valence-corrected chi connectivity index (χ4v) is 3.32. The van der Waals surface area contributed by atoms with E-state index >= 15 is 0 Å². The molecule has 3 rings (SSSR count). The van der Waals surface area contributed by atoms with Crippen molar-refractivity contribution in [3.8, 4) is 0 Å². The number of hydrogen-bond donors (Lipinski definition) is 6. The number of rotatable bonds is 4. The van der Waals surface area contributed by atoms with Gasteiger partial charge in [-0.3, -0.25) is 14.3 Å². The molecule has 4 atom stereocenters. The standard InChI is InChI=1S/C10H14N5O8PS/c11-10-13-7-5(8(17)14-10)12-2-15(7)4-1-3(16)6(22-4)9(18)23-25-24(19,20)21/h2-4,6,9,16,18H,1H2,(H5-,11,13,14,17,19,20,21)/t3-,4+,6-,9?/m0/s1. The SMILES string of the molecule is Nc1nc2c(ncn2[C@H]2C[C@H](O)[C@@H](C(O)O[S+]=P([O-])(O)O)O2)c(=O)[nH]1. The number of H-pyrrole nitrogens is 1. The van der Waals surface area contributed by atoms with Crippen molar-refractivity contribution in [2.45, 2.75) is 31.1 Å². The van der Waals surface area contributed by atoms with Crippen LogP contribution in [-0.4, -0.2) is 58.0 Å². The molecular formula is C10H14N5O8PS. The summed E-state index contributed by atoms with van der Waals surface area (Å²) in [7, 11) is 0. The Morgan fingerprint density at radius 1 is 1.60 bits per heavy atom. The Morgan fingerprint density at radius 3 is 3.00 bits per heavy atom. The van der Waals surface area contributed by atoms with Crippen LogP contribution in [0, 0.1) is 0 Å². The maximum absolute atomic E-state index is 11.8. The van der Waals surface area contributed by atoms with Crippen LogP contribution in [0.1, 0.15) is 12.6 Å². The summed E-state index contributed by atoms with van der Waals surface area (Å²) in [5.41, 5.74) is 5.10. The minimum absolute atomic E-state index is 0.00842. The lowest BCUT2D eigenvalue weighted by Crippen LogP contribution is -2.35. The number of nitrogens with zero attached hydrogens (tertiary/aromatic N) is 3. The van der Waals surface area contributed by atoms with Gasteiger partial charge in [-0.05, 0) is 0 Å². The topological polar surface area (TPSA) is 212 Å². The highest BCUT2D eigenvalue weighted by atomic mass is 32.5. The molecule has 25 heavy (non-hydrogen) atoms. The van der Waals surface area contributed by atoms with Crippen LogP contribution >= 0.6 is 6.72 Å². The van der Waals surface area contributed by atoms with E-state index in [0.717, 1.165) is 0 Å². The molecule has 2 aromatic heterocycles. The monoisotopic (exact) mass is 395 g/mol. The maximum atomic E-state index is 11.8. The quantitative estimate of drug-likeness (QED) is 0.131. The zero-order valence-corrected chi connectivity index (χ0v) is 14.0. The van der Waals surface area contributed by atoms with Crippen molar-refractivity contribution in [3.05, 3.63) is 16.7 Å². The third kappa shape index (κ3) is 3.87. The molecule has 1 aliphatic rings. The molecule has 138 valence electrons. The second-order valence-corrected chi connectivity index (χ2v) is 8.38. The van der Waals surface area contributed by atoms with E-state index in [9.17, 15) is 19.9 Å². The van der Waals surface area contributed by atoms with Crippen LogP contribution in [0.3, 0.4) is 0 Å². The van der Waals surface area contributed by atoms with E-state index in [1.54, 1.807) is 0 Å². The van der Waals surface area contributed by atoms with Gasteiger partial charge in [0.25, 0.3) is 5.56 Å². The Hall–Kier alpha value is -1.48. The Balaban J connectivity index is 1.83. The molecule has 0 aromatic carbocycles. The van der Waals surface area contributed by atoms with Gasteiger partial charge in [0.05, 0.1) is 12.4 Å². The molecule has 1 fully saturated rings. The first-order chi connectivity index (χ1) is 11.7. The van der Waals surface area contributed by atoms with Crippen LogP contribution in [0.15, 0.2) is 11.1 Å². The summed E-state index contributed by atoms with van der Waals surface area (Å²) in [6.07, 6.45) is -3.87. The molecular weight excluding hydrogens is 381 g/mol. The molecule has 3 heterocycles. The number of aliphatic hydroxyl groups is 2. The molecule has 0 aliphatic carbocycles. The van der Waals surface area contributed by atoms with Gasteiger partial charge >= 0.3 is 17.9 Å². The first kappa shape index (κ1) is 18.3. The van der Waals surface area contributed by atoms with Gasteiger partial charge in [-0.15, -0.1) is 0 Å². The van der Waals surface area contributed by atoms with Gasteiger partial charge in [0, 0.05) is 6.42 Å². The van der Waals surface area contributed by atoms with Gasteiger partial charge in [-0.1, -0.05) is 4.18 Å². The summed E-state index contributed by atoms with van der Waals surface area (Å²) in [5.74, 6) is -0.129. The smallest absolute Gasteiger partial charge is 0.402 e. The second kappa shape index (κ2) is 6.68. The van der Waals surface area contributed by atoms with Gasteiger partial charge in [-0.2, -0.15) is 4.98 Å². The molecule has 0 radical (unpaired) electrons. The zero-order chi connectivity index (χ0) is 18.4. The first-order valence-corrected chi connectivity index (χ1v) is 9.76. The molecule has 0 amide bonds. The fourth-order valence-electron chi connectivity index (χ4n) is 2.41. The van der Waals surface area contributed by atoms with Crippen LogP contribution in [0.5, 0.6) is 0 Å². The molecule has 1 unspecified atom stereocenters. The van der Waals surface area contributed by atoms with Crippen LogP contribution in [0.4, 0.5) is 5.95 Å². The van der Waals surface area contributed by atoms with Crippen molar-refractivity contribution < 1.29 is 33.8 Å². The lowest BCUT2D eigenvalue weighted by atomic mass is 10.2. The van der Waals surface area contributed by atoms with E-state index in [4.69, 9.17) is 20.3 Å². The summed E-state index contributed by atoms with van der Waals surface area (Å²) in [6, 6.07) is 0. The van der Waals surface area contributed by atoms with E-state index in [1.165, 1.54) is 10.9 Å². The molecule has 13 nitrogen and oxygen atoms in total. The fraction of sp³-hybridized carbons (Fsp3) is 0.500. The molecule has 0 saturated carbocycles. The summed E-state index contributed by atoms with van der Waals surface area (Å²) in [5, 5.41) is 19.8. The second-order valence-electron chi connectivity index (χ2n) is 5.19. The van der Waals surface area contributed by atoms with Gasteiger partial charge in [-0.25, -0.2) is 4.98 Å². The molecule has 1 aliphatic heterocycles. The predicted octanol–water partition coefficient (Wildman–Crippen LogP) is -3.29. The average Bonchev–Trinajstić information content (AvgIpc) is 3.07. The Labute approximate surface area is 142 Å². The lowest BCUT2D eigenvalue weighted by Gasteiger charge is -2.16. The number of aliphatic hydroxyl groups excluding tert-OH is 2. The van der Waals surface area contributed by atoms with Gasteiger partial charge in [0.2, 0.25) is 12.2 Å². The molecule has 2 aromatic rings. The number of ether oxygens (including phenoxy) is 1. The van der Waals surface area contributed by atoms with Crippen LogP contribution in [-0.2, 0) is 20.1 Å². The molecule has 1 saturated heterocycles. The number of anilines is 1. The number of hydrogen-bond acceptors (Lipinski definition) is 9. The highest BCUT2D eigenvalue weighted by Crippen LogP contribution is 2.33. The third-order valence-electron chi connectivity index (χ3n) is 3.42. The summed E-state index contributed by atoms with van der Waals surface area (Å²) in [4.78, 5) is 50.1. The maximum Gasteiger partial charge on any atom is 0.402 e. The highest BCUT2D eigenvalue weighted by molar-refractivity contribution is 8.13.